The van der Waals surface area contributed by atoms with Crippen molar-refractivity contribution >= 4 is 142 Å². The molecule has 0 spiro atoms. The van der Waals surface area contributed by atoms with Crippen LogP contribution >= 0.6 is 130 Å². The van der Waals surface area contributed by atoms with Crippen LogP contribution in [0.2, 0.25) is 30.1 Å². The van der Waals surface area contributed by atoms with Crippen LogP contribution in [-0.4, -0.2) is 95.8 Å². The summed E-state index contributed by atoms with van der Waals surface area (Å²) in [6, 6.07) is 108. The highest BCUT2D eigenvalue weighted by atomic mass is 79.9. The van der Waals surface area contributed by atoms with Crippen molar-refractivity contribution < 1.29 is 9.31 Å². The number of halogens is 10. The molecular weight excluding hydrogens is 2070 g/mol. The summed E-state index contributed by atoms with van der Waals surface area (Å²) in [5.74, 6) is 5.02. The molecule has 4 saturated heterocycles. The fraction of sp³-hybridized carbons (Fsp3) is 0.328. The molecule has 732 valence electrons. The molecule has 140 heavy (non-hydrogen) atoms. The number of nitrogens with zero attached hydrogens (tertiary/aromatic N) is 4. The van der Waals surface area contributed by atoms with E-state index >= 15 is 0 Å². The lowest BCUT2D eigenvalue weighted by Crippen LogP contribution is -2.41. The van der Waals surface area contributed by atoms with Gasteiger partial charge in [-0.2, -0.15) is 0 Å². The van der Waals surface area contributed by atoms with Crippen molar-refractivity contribution in [2.45, 2.75) is 180 Å². The molecule has 18 heteroatoms. The highest BCUT2D eigenvalue weighted by molar-refractivity contribution is 9.10. The van der Waals surface area contributed by atoms with E-state index in [2.05, 4.69) is 276 Å². The molecule has 21 rings (SSSR count). The summed E-state index contributed by atoms with van der Waals surface area (Å²) in [4.78, 5) is 13.4. The fourth-order valence-electron chi connectivity index (χ4n) is 19.3. The van der Waals surface area contributed by atoms with Gasteiger partial charge in [0.2, 0.25) is 0 Å². The maximum atomic E-state index is 6.07. The topological polar surface area (TPSA) is 62.8 Å². The second kappa shape index (κ2) is 57.2. The Labute approximate surface area is 897 Å². The molecule has 7 nitrogen and oxygen atoms in total. The number of piperidine rings is 3. The van der Waals surface area contributed by atoms with E-state index in [1.807, 2.05) is 146 Å². The third-order valence-electron chi connectivity index (χ3n) is 28.0. The lowest BCUT2D eigenvalue weighted by atomic mass is 9.78. The lowest BCUT2D eigenvalue weighted by molar-refractivity contribution is 0.00578. The molecule has 0 bridgehead atoms. The molecule has 14 aromatic rings. The quantitative estimate of drug-likeness (QED) is 0.0764. The zero-order chi connectivity index (χ0) is 96.4. The Morgan fingerprint density at radius 3 is 0.879 bits per heavy atom. The highest BCUT2D eigenvalue weighted by Crippen LogP contribution is 2.40. The Hall–Kier alpha value is -7.73. The molecule has 3 saturated carbocycles. The van der Waals surface area contributed by atoms with Gasteiger partial charge in [0, 0.05) is 102 Å². The van der Waals surface area contributed by atoms with Crippen LogP contribution in [-0.2, 0) is 9.31 Å². The second-order valence-corrected chi connectivity index (χ2v) is 43.6. The minimum absolute atomic E-state index is 0. The molecule has 1 N–H and O–H groups in total. The van der Waals surface area contributed by atoms with Crippen molar-refractivity contribution in [3.63, 3.8) is 0 Å². The Morgan fingerprint density at radius 1 is 0.321 bits per heavy atom. The van der Waals surface area contributed by atoms with Gasteiger partial charge in [-0.05, 0) is 379 Å². The molecule has 7 aliphatic rings. The van der Waals surface area contributed by atoms with Crippen molar-refractivity contribution in [2.75, 3.05) is 57.7 Å². The molecule has 6 heterocycles. The first kappa shape index (κ1) is 111. The predicted octanol–water partition coefficient (Wildman–Crippen LogP) is 36.8. The number of pyridine rings is 2. The number of rotatable bonds is 16. The largest absolute Gasteiger partial charge is 0.494 e. The molecular formula is C122H134BBr3Cl7N5O2. The summed E-state index contributed by atoms with van der Waals surface area (Å²) in [5, 5.41) is 9.36. The zero-order valence-electron chi connectivity index (χ0n) is 80.4. The summed E-state index contributed by atoms with van der Waals surface area (Å²) < 4.78 is 14.3. The fourth-order valence-corrected chi connectivity index (χ4v) is 21.2. The van der Waals surface area contributed by atoms with Crippen LogP contribution in [0.3, 0.4) is 0 Å². The third kappa shape index (κ3) is 34.8. The normalized spacial score (nSPS) is 17.7. The molecule has 12 aromatic carbocycles. The number of alkyl halides is 1. The van der Waals surface area contributed by atoms with E-state index in [0.29, 0.717) is 17.8 Å². The summed E-state index contributed by atoms with van der Waals surface area (Å²) >= 11 is 45.7. The monoisotopic (exact) mass is 2190 g/mol. The Morgan fingerprint density at radius 2 is 0.600 bits per heavy atom. The first-order chi connectivity index (χ1) is 67.1. The number of nitrogens with one attached hydrogen (secondary N) is 1. The van der Waals surface area contributed by atoms with Gasteiger partial charge in [0.05, 0.1) is 11.2 Å². The number of hydrogen-bond donors (Lipinski definition) is 1. The van der Waals surface area contributed by atoms with Crippen LogP contribution in [0.4, 0.5) is 0 Å². The standard InChI is InChI=1S/2C23H28ClN.C18H20BClO2.C17H18ClN.C17H12ClN.C12H8BrCl.C6H11Br.C5H4BrN.CH4.ClH/c2*24-23-13-11-20(12-14-23)19-7-9-21(10-8-19)22-6-3-15-25(17-22)16-18-4-1-2-5-18;1-17(2)18(3,4)22-19(21-17)15-9-5-13(6-10-15)14-7-11-16(20)12-8-14;2*18-17-9-7-14(8-10-17)13-3-5-15(6-4-13)16-2-1-11-19-12-16;13-11-5-1-9(2-6-11)10-3-7-12(14)8-4-10;7-5-6-3-1-2-4-6;6-5-2-1-3-7-4-5;;/h2*7-14,18,22H,1-6,15-17H2;5-12H,1-4H3;3-10,16,19H,1-2,11-12H2;1-12H;1-8H;6H,1-5H2;1-4H;1H4;1H. The van der Waals surface area contributed by atoms with E-state index in [4.69, 9.17) is 78.9 Å². The van der Waals surface area contributed by atoms with Crippen LogP contribution in [0.25, 0.3) is 77.9 Å². The molecule has 0 amide bonds. The predicted molar refractivity (Wildman–Crippen MR) is 615 cm³/mol. The van der Waals surface area contributed by atoms with Gasteiger partial charge in [-0.1, -0.05) is 360 Å². The van der Waals surface area contributed by atoms with Crippen LogP contribution in [0.5, 0.6) is 0 Å². The van der Waals surface area contributed by atoms with Crippen molar-refractivity contribution in [1.82, 2.24) is 25.1 Å². The maximum absolute atomic E-state index is 6.07. The Bertz CT molecular complexity index is 5710. The molecule has 4 aliphatic heterocycles. The van der Waals surface area contributed by atoms with E-state index < -0.39 is 0 Å². The first-order valence-corrected chi connectivity index (χ1v) is 54.4. The highest BCUT2D eigenvalue weighted by Gasteiger charge is 2.51. The van der Waals surface area contributed by atoms with E-state index in [0.717, 1.165) is 85.5 Å². The Kier molecular flexibility index (Phi) is 45.4. The average Bonchev–Trinajstić information content (AvgIpc) is 1.62. The van der Waals surface area contributed by atoms with Crippen molar-refractivity contribution in [3.05, 3.63) is 396 Å². The molecule has 3 atom stereocenters. The summed E-state index contributed by atoms with van der Waals surface area (Å²) in [6.45, 7) is 18.3. The minimum Gasteiger partial charge on any atom is -0.399 e. The van der Waals surface area contributed by atoms with Gasteiger partial charge in [-0.15, -0.1) is 12.4 Å². The zero-order valence-corrected chi connectivity index (χ0v) is 90.5. The molecule has 0 radical (unpaired) electrons. The minimum atomic E-state index is -0.315. The van der Waals surface area contributed by atoms with Crippen LogP contribution < -0.4 is 10.8 Å². The Balaban J connectivity index is 0.000000147. The van der Waals surface area contributed by atoms with Crippen LogP contribution in [0.15, 0.2) is 349 Å². The SMILES string of the molecule is BrCC1CCCC1.Brc1cccnc1.C.CC1(C)OB(c2ccc(-c3ccc(Cl)cc3)cc2)OC1(C)C.Cl.Clc1ccc(-c2ccc(-c3cccnc3)cc2)cc1.Clc1ccc(-c2ccc(Br)cc2)cc1.Clc1ccc(-c2ccc(C3CCCN(CC4CCCC4)C3)cc2)cc1.Clc1ccc(-c2ccc(C3CCCN(CC4CCCC4)C3)cc2)cc1.Clc1ccc(-c2ccc(C3CCCNC3)cc2)cc1. The number of aromatic nitrogens is 2. The van der Waals surface area contributed by atoms with Gasteiger partial charge in [0.15, 0.2) is 0 Å². The van der Waals surface area contributed by atoms with Gasteiger partial charge in [0.1, 0.15) is 0 Å². The molecule has 7 fully saturated rings. The smallest absolute Gasteiger partial charge is 0.399 e. The van der Waals surface area contributed by atoms with E-state index in [1.54, 1.807) is 18.6 Å². The number of hydrogen-bond acceptors (Lipinski definition) is 7. The average molecular weight is 2200 g/mol. The maximum Gasteiger partial charge on any atom is 0.494 e. The van der Waals surface area contributed by atoms with Gasteiger partial charge in [0.25, 0.3) is 0 Å². The summed E-state index contributed by atoms with van der Waals surface area (Å²) in [6.07, 6.45) is 32.6. The van der Waals surface area contributed by atoms with Gasteiger partial charge in [-0.25, -0.2) is 0 Å². The van der Waals surface area contributed by atoms with Gasteiger partial charge < -0.3 is 24.4 Å². The van der Waals surface area contributed by atoms with E-state index in [-0.39, 0.29) is 38.2 Å². The number of likely N-dealkylation sites (tertiary alicyclic amines) is 2. The third-order valence-corrected chi connectivity index (χ3v) is 31.4. The second-order valence-electron chi connectivity index (χ2n) is 38.5. The van der Waals surface area contributed by atoms with Crippen LogP contribution in [0, 0.1) is 17.8 Å². The van der Waals surface area contributed by atoms with Crippen molar-refractivity contribution in [3.8, 4) is 77.9 Å². The molecule has 3 unspecified atom stereocenters. The summed E-state index contributed by atoms with van der Waals surface area (Å²) in [7, 11) is -0.315. The number of benzene rings is 12. The van der Waals surface area contributed by atoms with Gasteiger partial charge >= 0.3 is 7.12 Å². The first-order valence-electron chi connectivity index (χ1n) is 49.4. The lowest BCUT2D eigenvalue weighted by Gasteiger charge is -2.34. The van der Waals surface area contributed by atoms with Crippen molar-refractivity contribution in [2.24, 2.45) is 17.8 Å². The molecule has 2 aromatic heterocycles. The van der Waals surface area contributed by atoms with E-state index in [1.165, 1.54) is 245 Å². The van der Waals surface area contributed by atoms with Gasteiger partial charge in [-0.3, -0.25) is 9.97 Å². The molecule has 3 aliphatic carbocycles. The van der Waals surface area contributed by atoms with Crippen molar-refractivity contribution in [1.29, 1.82) is 0 Å². The summed E-state index contributed by atoms with van der Waals surface area (Å²) in [5.41, 5.74) is 21.7. The van der Waals surface area contributed by atoms with E-state index in [9.17, 15) is 0 Å². The van der Waals surface area contributed by atoms with Crippen LogP contribution in [0.1, 0.15) is 185 Å².